The largest absolute Gasteiger partial charge is 0.497 e. The molecule has 0 N–H and O–H groups in total. The zero-order chi connectivity index (χ0) is 18.2. The van der Waals surface area contributed by atoms with Crippen molar-refractivity contribution in [2.45, 2.75) is 63.8 Å². The summed E-state index contributed by atoms with van der Waals surface area (Å²) in [5, 5.41) is 0. The topological polar surface area (TPSA) is 32.8 Å². The molecule has 2 heterocycles. The number of nitrogens with zero attached hydrogens (tertiary/aromatic N) is 2. The van der Waals surface area contributed by atoms with Crippen LogP contribution in [0.3, 0.4) is 0 Å². The summed E-state index contributed by atoms with van der Waals surface area (Å²) >= 11 is 0. The Balaban J connectivity index is 0.00000261. The monoisotopic (exact) mass is 394 g/mol. The van der Waals surface area contributed by atoms with Gasteiger partial charge in [-0.05, 0) is 69.3 Å². The Morgan fingerprint density at radius 2 is 1.67 bits per heavy atom. The second-order valence-corrected chi connectivity index (χ2v) is 7.81. The van der Waals surface area contributed by atoms with Crippen LogP contribution in [-0.4, -0.2) is 55.0 Å². The molecule has 1 aromatic rings. The first-order valence-corrected chi connectivity index (χ1v) is 10.4. The Morgan fingerprint density at radius 1 is 1.00 bits per heavy atom. The van der Waals surface area contributed by atoms with Gasteiger partial charge in [0.05, 0.1) is 13.5 Å². The number of halogens is 1. The number of carbonyl (C=O) groups is 1. The Kier molecular flexibility index (Phi) is 9.43. The van der Waals surface area contributed by atoms with E-state index in [-0.39, 0.29) is 18.3 Å². The third kappa shape index (κ3) is 6.69. The van der Waals surface area contributed by atoms with Crippen molar-refractivity contribution in [1.29, 1.82) is 0 Å². The van der Waals surface area contributed by atoms with Gasteiger partial charge < -0.3 is 14.5 Å². The summed E-state index contributed by atoms with van der Waals surface area (Å²) in [5.41, 5.74) is 1.08. The zero-order valence-corrected chi connectivity index (χ0v) is 17.5. The van der Waals surface area contributed by atoms with Gasteiger partial charge in [-0.1, -0.05) is 25.0 Å². The van der Waals surface area contributed by atoms with Crippen molar-refractivity contribution in [3.05, 3.63) is 29.8 Å². The minimum absolute atomic E-state index is 0. The molecule has 4 nitrogen and oxygen atoms in total. The predicted molar refractivity (Wildman–Crippen MR) is 113 cm³/mol. The van der Waals surface area contributed by atoms with Crippen molar-refractivity contribution < 1.29 is 9.53 Å². The van der Waals surface area contributed by atoms with E-state index < -0.39 is 0 Å². The Hall–Kier alpha value is -1.26. The van der Waals surface area contributed by atoms with Gasteiger partial charge in [-0.15, -0.1) is 12.4 Å². The maximum atomic E-state index is 12.9. The number of piperidine rings is 1. The molecular weight excluding hydrogens is 360 g/mol. The van der Waals surface area contributed by atoms with Gasteiger partial charge >= 0.3 is 0 Å². The number of hydrogen-bond donors (Lipinski definition) is 0. The van der Waals surface area contributed by atoms with E-state index in [1.165, 1.54) is 51.6 Å². The Morgan fingerprint density at radius 3 is 2.33 bits per heavy atom. The molecule has 0 saturated carbocycles. The molecule has 2 saturated heterocycles. The second kappa shape index (κ2) is 11.6. The highest BCUT2D eigenvalue weighted by molar-refractivity contribution is 5.85. The number of methoxy groups -OCH3 is 1. The fourth-order valence-corrected chi connectivity index (χ4v) is 4.34. The van der Waals surface area contributed by atoms with Crippen LogP contribution in [0.2, 0.25) is 0 Å². The maximum Gasteiger partial charge on any atom is 0.227 e. The number of rotatable bonds is 6. The number of ether oxygens (including phenoxy) is 1. The summed E-state index contributed by atoms with van der Waals surface area (Å²) in [4.78, 5) is 17.7. The minimum atomic E-state index is 0. The van der Waals surface area contributed by atoms with E-state index in [1.54, 1.807) is 7.11 Å². The molecule has 2 aliphatic heterocycles. The summed E-state index contributed by atoms with van der Waals surface area (Å²) in [6.07, 6.45) is 10.7. The number of amides is 1. The molecule has 1 amide bonds. The van der Waals surface area contributed by atoms with Crippen LogP contribution in [0.1, 0.15) is 56.9 Å². The first-order chi connectivity index (χ1) is 12.8. The van der Waals surface area contributed by atoms with Crippen LogP contribution in [0.15, 0.2) is 24.3 Å². The average molecular weight is 395 g/mol. The van der Waals surface area contributed by atoms with Crippen LogP contribution in [0.4, 0.5) is 0 Å². The van der Waals surface area contributed by atoms with Gasteiger partial charge in [0.25, 0.3) is 0 Å². The predicted octanol–water partition coefficient (Wildman–Crippen LogP) is 4.31. The molecule has 1 unspecified atom stereocenters. The summed E-state index contributed by atoms with van der Waals surface area (Å²) in [6.45, 7) is 4.57. The number of likely N-dealkylation sites (tertiary alicyclic amines) is 2. The third-order valence-electron chi connectivity index (χ3n) is 5.94. The molecule has 5 heteroatoms. The highest BCUT2D eigenvalue weighted by Gasteiger charge is 2.27. The van der Waals surface area contributed by atoms with Crippen molar-refractivity contribution in [3.63, 3.8) is 0 Å². The lowest BCUT2D eigenvalue weighted by molar-refractivity contribution is -0.134. The number of hydrogen-bond acceptors (Lipinski definition) is 3. The van der Waals surface area contributed by atoms with Crippen LogP contribution < -0.4 is 4.74 Å². The fraction of sp³-hybridized carbons (Fsp3) is 0.682. The van der Waals surface area contributed by atoms with Gasteiger partial charge in [-0.3, -0.25) is 4.79 Å². The van der Waals surface area contributed by atoms with E-state index in [0.717, 1.165) is 37.2 Å². The molecule has 0 aromatic heterocycles. The molecule has 3 rings (SSSR count). The minimum Gasteiger partial charge on any atom is -0.497 e. The fourth-order valence-electron chi connectivity index (χ4n) is 4.34. The first-order valence-electron chi connectivity index (χ1n) is 10.4. The van der Waals surface area contributed by atoms with E-state index in [9.17, 15) is 4.79 Å². The molecule has 1 atom stereocenters. The lowest BCUT2D eigenvalue weighted by atomic mass is 9.98. The van der Waals surface area contributed by atoms with E-state index in [1.807, 2.05) is 24.3 Å². The summed E-state index contributed by atoms with van der Waals surface area (Å²) in [7, 11) is 1.67. The second-order valence-electron chi connectivity index (χ2n) is 7.81. The number of benzene rings is 1. The summed E-state index contributed by atoms with van der Waals surface area (Å²) in [6, 6.07) is 8.32. The van der Waals surface area contributed by atoms with Crippen LogP contribution in [-0.2, 0) is 11.2 Å². The Bertz CT molecular complexity index is 556. The van der Waals surface area contributed by atoms with Crippen LogP contribution in [0, 0.1) is 0 Å². The van der Waals surface area contributed by atoms with Crippen LogP contribution >= 0.6 is 12.4 Å². The molecule has 0 spiro atoms. The van der Waals surface area contributed by atoms with E-state index in [2.05, 4.69) is 9.80 Å². The van der Waals surface area contributed by atoms with Gasteiger partial charge in [0, 0.05) is 19.1 Å². The molecule has 27 heavy (non-hydrogen) atoms. The molecule has 0 aliphatic carbocycles. The van der Waals surface area contributed by atoms with Gasteiger partial charge in [0.15, 0.2) is 0 Å². The highest BCUT2D eigenvalue weighted by Crippen LogP contribution is 2.22. The lowest BCUT2D eigenvalue weighted by Gasteiger charge is -2.37. The van der Waals surface area contributed by atoms with Crippen molar-refractivity contribution in [2.24, 2.45) is 0 Å². The van der Waals surface area contributed by atoms with Gasteiger partial charge in [0.2, 0.25) is 5.91 Å². The molecule has 1 aromatic carbocycles. The van der Waals surface area contributed by atoms with Crippen LogP contribution in [0.25, 0.3) is 0 Å². The highest BCUT2D eigenvalue weighted by atomic mass is 35.5. The van der Waals surface area contributed by atoms with E-state index in [0.29, 0.717) is 12.5 Å². The van der Waals surface area contributed by atoms with Gasteiger partial charge in [-0.2, -0.15) is 0 Å². The van der Waals surface area contributed by atoms with Crippen LogP contribution in [0.5, 0.6) is 5.75 Å². The van der Waals surface area contributed by atoms with Gasteiger partial charge in [0.1, 0.15) is 5.75 Å². The quantitative estimate of drug-likeness (QED) is 0.720. The van der Waals surface area contributed by atoms with Crippen molar-refractivity contribution in [1.82, 2.24) is 9.80 Å². The average Bonchev–Trinajstić information content (AvgIpc) is 2.96. The molecule has 2 aliphatic rings. The molecule has 2 fully saturated rings. The molecule has 0 radical (unpaired) electrons. The standard InChI is InChI=1S/C22H34N2O2.ClH/c1-26-21-11-9-19(10-12-21)18-22(25)24-16-7-4-8-20(24)13-17-23-14-5-2-3-6-15-23;/h9-12,20H,2-8,13-18H2,1H3;1H. The first kappa shape index (κ1) is 22.0. The van der Waals surface area contributed by atoms with Crippen molar-refractivity contribution in [3.8, 4) is 5.75 Å². The smallest absolute Gasteiger partial charge is 0.227 e. The molecule has 152 valence electrons. The van der Waals surface area contributed by atoms with Crippen molar-refractivity contribution in [2.75, 3.05) is 33.3 Å². The third-order valence-corrected chi connectivity index (χ3v) is 5.94. The normalized spacial score (nSPS) is 21.2. The molecule has 0 bridgehead atoms. The van der Waals surface area contributed by atoms with Crippen molar-refractivity contribution >= 4 is 18.3 Å². The van der Waals surface area contributed by atoms with E-state index >= 15 is 0 Å². The maximum absolute atomic E-state index is 12.9. The summed E-state index contributed by atoms with van der Waals surface area (Å²) < 4.78 is 5.21. The van der Waals surface area contributed by atoms with Gasteiger partial charge in [-0.25, -0.2) is 0 Å². The molecular formula is C22H35ClN2O2. The van der Waals surface area contributed by atoms with E-state index in [4.69, 9.17) is 4.74 Å². The number of carbonyl (C=O) groups excluding carboxylic acids is 1. The summed E-state index contributed by atoms with van der Waals surface area (Å²) in [5.74, 6) is 1.13. The Labute approximate surface area is 170 Å². The zero-order valence-electron chi connectivity index (χ0n) is 16.7. The lowest BCUT2D eigenvalue weighted by Crippen LogP contribution is -2.46. The SMILES string of the molecule is COc1ccc(CC(=O)N2CCCCC2CCN2CCCCCC2)cc1.Cl.